The van der Waals surface area contributed by atoms with Crippen molar-refractivity contribution in [1.82, 2.24) is 5.32 Å². The summed E-state index contributed by atoms with van der Waals surface area (Å²) in [6.45, 7) is 3.85. The minimum absolute atomic E-state index is 0.0192. The van der Waals surface area contributed by atoms with Gasteiger partial charge in [-0.3, -0.25) is 4.79 Å². The molecule has 0 unspecified atom stereocenters. The number of nitrogens with one attached hydrogen (secondary N) is 1. The van der Waals surface area contributed by atoms with E-state index in [1.807, 2.05) is 31.2 Å². The molecule has 32 heavy (non-hydrogen) atoms. The number of benzene rings is 1. The molecule has 1 aliphatic carbocycles. The largest absolute Gasteiger partial charge is 0.493 e. The molecule has 2 heterocycles. The number of hydrogen-bond donors (Lipinski definition) is 1. The Morgan fingerprint density at radius 3 is 2.59 bits per heavy atom. The highest BCUT2D eigenvalue weighted by molar-refractivity contribution is 6.04. The van der Waals surface area contributed by atoms with Gasteiger partial charge in [0.25, 0.3) is 0 Å². The number of furan rings is 1. The number of Topliss-reactive ketones (excluding diaryl/α,β-unsaturated/α-hetero) is 1. The molecule has 0 saturated carbocycles. The fraction of sp³-hybridized carbons (Fsp3) is 0.360. The Morgan fingerprint density at radius 1 is 1.16 bits per heavy atom. The number of allylic oxidation sites excluding steroid dienone is 3. The van der Waals surface area contributed by atoms with Crippen LogP contribution in [0.15, 0.2) is 63.6 Å². The fourth-order valence-electron chi connectivity index (χ4n) is 4.61. The molecular weight excluding hydrogens is 410 g/mol. The third-order valence-corrected chi connectivity index (χ3v) is 6.01. The second-order valence-electron chi connectivity index (χ2n) is 7.87. The molecular formula is C25H27NO6. The van der Waals surface area contributed by atoms with E-state index in [2.05, 4.69) is 5.32 Å². The van der Waals surface area contributed by atoms with Crippen LogP contribution in [0, 0.1) is 0 Å². The molecule has 1 aromatic carbocycles. The van der Waals surface area contributed by atoms with Crippen molar-refractivity contribution in [1.29, 1.82) is 0 Å². The number of dihydropyridines is 1. The van der Waals surface area contributed by atoms with Crippen molar-refractivity contribution in [2.24, 2.45) is 0 Å². The number of esters is 1. The molecule has 0 saturated heterocycles. The van der Waals surface area contributed by atoms with Crippen LogP contribution in [0.25, 0.3) is 0 Å². The number of methoxy groups -OCH3 is 2. The Balaban J connectivity index is 1.84. The summed E-state index contributed by atoms with van der Waals surface area (Å²) in [6.07, 6.45) is 2.55. The van der Waals surface area contributed by atoms with Gasteiger partial charge < -0.3 is 23.9 Å². The zero-order valence-electron chi connectivity index (χ0n) is 18.7. The van der Waals surface area contributed by atoms with Crippen LogP contribution in [0.1, 0.15) is 49.8 Å². The zero-order chi connectivity index (χ0) is 22.8. The number of rotatable bonds is 6. The first-order valence-electron chi connectivity index (χ1n) is 10.6. The van der Waals surface area contributed by atoms with Crippen LogP contribution in [0.4, 0.5) is 0 Å². The zero-order valence-corrected chi connectivity index (χ0v) is 18.7. The van der Waals surface area contributed by atoms with Crippen LogP contribution in [-0.2, 0) is 14.3 Å². The van der Waals surface area contributed by atoms with Gasteiger partial charge in [0.2, 0.25) is 0 Å². The van der Waals surface area contributed by atoms with E-state index in [9.17, 15) is 9.59 Å². The van der Waals surface area contributed by atoms with Crippen molar-refractivity contribution in [3.8, 4) is 11.5 Å². The summed E-state index contributed by atoms with van der Waals surface area (Å²) in [5, 5.41) is 3.32. The molecule has 0 spiro atoms. The van der Waals surface area contributed by atoms with Crippen LogP contribution in [0.2, 0.25) is 0 Å². The van der Waals surface area contributed by atoms with Crippen LogP contribution >= 0.6 is 0 Å². The van der Waals surface area contributed by atoms with Crippen LogP contribution in [0.3, 0.4) is 0 Å². The van der Waals surface area contributed by atoms with Gasteiger partial charge >= 0.3 is 5.97 Å². The van der Waals surface area contributed by atoms with E-state index in [0.717, 1.165) is 17.0 Å². The number of carbonyl (C=O) groups is 2. The lowest BCUT2D eigenvalue weighted by atomic mass is 9.72. The summed E-state index contributed by atoms with van der Waals surface area (Å²) in [5.41, 5.74) is 3.28. The SMILES string of the molecule is CCOC(=O)C1=C(C)NC2=C(C(=O)C[C@H](c3ccco3)C2)[C@@H]1c1ccc(OC)c(OC)c1. The van der Waals surface area contributed by atoms with Crippen LogP contribution in [0.5, 0.6) is 11.5 Å². The highest BCUT2D eigenvalue weighted by Crippen LogP contribution is 2.47. The molecule has 2 atom stereocenters. The van der Waals surface area contributed by atoms with Gasteiger partial charge in [0.05, 0.1) is 32.7 Å². The summed E-state index contributed by atoms with van der Waals surface area (Å²) in [7, 11) is 3.12. The number of ether oxygens (including phenoxy) is 3. The lowest BCUT2D eigenvalue weighted by molar-refractivity contribution is -0.138. The number of carbonyl (C=O) groups excluding carboxylic acids is 2. The molecule has 7 nitrogen and oxygen atoms in total. The summed E-state index contributed by atoms with van der Waals surface area (Å²) >= 11 is 0. The lowest BCUT2D eigenvalue weighted by Gasteiger charge is -2.36. The summed E-state index contributed by atoms with van der Waals surface area (Å²) in [4.78, 5) is 26.4. The van der Waals surface area contributed by atoms with Crippen molar-refractivity contribution >= 4 is 11.8 Å². The van der Waals surface area contributed by atoms with Gasteiger partial charge in [0.1, 0.15) is 5.76 Å². The minimum Gasteiger partial charge on any atom is -0.493 e. The maximum absolute atomic E-state index is 13.5. The normalized spacial score (nSPS) is 20.6. The van der Waals surface area contributed by atoms with Gasteiger partial charge in [0.15, 0.2) is 17.3 Å². The van der Waals surface area contributed by atoms with Gasteiger partial charge in [-0.2, -0.15) is 0 Å². The van der Waals surface area contributed by atoms with E-state index in [-0.39, 0.29) is 18.3 Å². The molecule has 1 aliphatic heterocycles. The Labute approximate surface area is 187 Å². The molecule has 1 aromatic heterocycles. The highest BCUT2D eigenvalue weighted by Gasteiger charge is 2.42. The van der Waals surface area contributed by atoms with Crippen molar-refractivity contribution in [2.45, 2.75) is 38.5 Å². The molecule has 7 heteroatoms. The van der Waals surface area contributed by atoms with E-state index in [1.54, 1.807) is 33.5 Å². The first kappa shape index (κ1) is 21.7. The molecule has 0 amide bonds. The molecule has 0 bridgehead atoms. The Kier molecular flexibility index (Phi) is 6.08. The molecule has 0 fully saturated rings. The highest BCUT2D eigenvalue weighted by atomic mass is 16.5. The number of ketones is 1. The predicted octanol–water partition coefficient (Wildman–Crippen LogP) is 4.22. The Hall–Kier alpha value is -3.48. The van der Waals surface area contributed by atoms with Gasteiger partial charge in [-0.05, 0) is 50.1 Å². The van der Waals surface area contributed by atoms with Crippen LogP contribution in [-0.4, -0.2) is 32.6 Å². The standard InChI is InChI=1S/C25H27NO6/c1-5-31-25(28)22-14(2)26-17-11-16(19-7-6-10-32-19)12-18(27)24(17)23(22)15-8-9-20(29-3)21(13-15)30-4/h6-10,13,16,23,26H,5,11-12H2,1-4H3/t16-,23-/m1/s1. The van der Waals surface area contributed by atoms with Gasteiger partial charge in [-0.25, -0.2) is 4.79 Å². The fourth-order valence-corrected chi connectivity index (χ4v) is 4.61. The molecule has 1 N–H and O–H groups in total. The van der Waals surface area contributed by atoms with Crippen molar-refractivity contribution < 1.29 is 28.2 Å². The smallest absolute Gasteiger partial charge is 0.336 e. The first-order valence-corrected chi connectivity index (χ1v) is 10.6. The minimum atomic E-state index is -0.560. The molecule has 4 rings (SSSR count). The Bertz CT molecular complexity index is 1100. The summed E-state index contributed by atoms with van der Waals surface area (Å²) < 4.78 is 21.8. The second kappa shape index (κ2) is 8.94. The van der Waals surface area contributed by atoms with E-state index < -0.39 is 11.9 Å². The molecule has 2 aliphatic rings. The van der Waals surface area contributed by atoms with Crippen LogP contribution < -0.4 is 14.8 Å². The lowest BCUT2D eigenvalue weighted by Crippen LogP contribution is -2.36. The molecule has 168 valence electrons. The average molecular weight is 437 g/mol. The quantitative estimate of drug-likeness (QED) is 0.677. The topological polar surface area (TPSA) is 87.0 Å². The van der Waals surface area contributed by atoms with E-state index in [4.69, 9.17) is 18.6 Å². The third kappa shape index (κ3) is 3.79. The predicted molar refractivity (Wildman–Crippen MR) is 117 cm³/mol. The summed E-state index contributed by atoms with van der Waals surface area (Å²) in [5.74, 6) is 0.821. The van der Waals surface area contributed by atoms with Crippen molar-refractivity contribution in [3.05, 3.63) is 70.5 Å². The van der Waals surface area contributed by atoms with Gasteiger partial charge in [-0.1, -0.05) is 6.07 Å². The second-order valence-corrected chi connectivity index (χ2v) is 7.87. The monoisotopic (exact) mass is 437 g/mol. The third-order valence-electron chi connectivity index (χ3n) is 6.01. The van der Waals surface area contributed by atoms with Crippen molar-refractivity contribution in [2.75, 3.05) is 20.8 Å². The molecule has 2 aromatic rings. The van der Waals surface area contributed by atoms with Gasteiger partial charge in [0, 0.05) is 35.2 Å². The maximum Gasteiger partial charge on any atom is 0.336 e. The number of hydrogen-bond acceptors (Lipinski definition) is 7. The van der Waals surface area contributed by atoms with E-state index >= 15 is 0 Å². The first-order chi connectivity index (χ1) is 15.5. The van der Waals surface area contributed by atoms with Crippen molar-refractivity contribution in [3.63, 3.8) is 0 Å². The van der Waals surface area contributed by atoms with Gasteiger partial charge in [-0.15, -0.1) is 0 Å². The van der Waals surface area contributed by atoms with E-state index in [1.165, 1.54) is 0 Å². The summed E-state index contributed by atoms with van der Waals surface area (Å²) in [6, 6.07) is 9.19. The van der Waals surface area contributed by atoms with E-state index in [0.29, 0.717) is 41.2 Å². The average Bonchev–Trinajstić information content (AvgIpc) is 3.32. The maximum atomic E-state index is 13.5. The Morgan fingerprint density at radius 2 is 1.94 bits per heavy atom. The molecule has 0 radical (unpaired) electrons.